The van der Waals surface area contributed by atoms with E-state index in [4.69, 9.17) is 4.52 Å². The van der Waals surface area contributed by atoms with Gasteiger partial charge in [0, 0.05) is 51.5 Å². The molecule has 0 unspecified atom stereocenters. The van der Waals surface area contributed by atoms with Crippen molar-refractivity contribution in [2.75, 3.05) is 26.7 Å². The monoisotopic (exact) mass is 370 g/mol. The van der Waals surface area contributed by atoms with Gasteiger partial charge in [-0.3, -0.25) is 9.59 Å². The van der Waals surface area contributed by atoms with E-state index in [2.05, 4.69) is 10.1 Å². The van der Waals surface area contributed by atoms with Crippen molar-refractivity contribution >= 4 is 11.8 Å². The summed E-state index contributed by atoms with van der Waals surface area (Å²) in [7, 11) is 1.81. The van der Waals surface area contributed by atoms with E-state index < -0.39 is 0 Å². The minimum atomic E-state index is -0.0390. The van der Waals surface area contributed by atoms with Crippen LogP contribution >= 0.6 is 0 Å². The van der Waals surface area contributed by atoms with Gasteiger partial charge in [0.25, 0.3) is 5.91 Å². The molecule has 1 aliphatic rings. The molecule has 0 atom stereocenters. The summed E-state index contributed by atoms with van der Waals surface area (Å²) in [5.74, 6) is 1.29. The molecular weight excluding hydrogens is 344 g/mol. The number of hydrogen-bond donors (Lipinski definition) is 0. The Morgan fingerprint density at radius 1 is 1.22 bits per heavy atom. The largest absolute Gasteiger partial charge is 0.345 e. The molecule has 27 heavy (non-hydrogen) atoms. The first-order valence-electron chi connectivity index (χ1n) is 9.34. The fraction of sp³-hybridized carbons (Fsp3) is 0.500. The van der Waals surface area contributed by atoms with E-state index in [1.807, 2.05) is 36.1 Å². The topological polar surface area (TPSA) is 79.5 Å². The summed E-state index contributed by atoms with van der Waals surface area (Å²) in [5.41, 5.74) is 1.73. The van der Waals surface area contributed by atoms with Crippen molar-refractivity contribution < 1.29 is 14.1 Å². The molecule has 3 rings (SSSR count). The quantitative estimate of drug-likeness (QED) is 0.806. The molecule has 2 heterocycles. The van der Waals surface area contributed by atoms with Crippen LogP contribution in [-0.2, 0) is 11.2 Å². The maximum Gasteiger partial charge on any atom is 0.254 e. The minimum absolute atomic E-state index is 0.0390. The normalized spacial score (nSPS) is 15.0. The fourth-order valence-corrected chi connectivity index (χ4v) is 3.45. The Bertz CT molecular complexity index is 809. The Morgan fingerprint density at radius 2 is 1.93 bits per heavy atom. The molecule has 1 aliphatic heterocycles. The first-order chi connectivity index (χ1) is 13.0. The van der Waals surface area contributed by atoms with Crippen molar-refractivity contribution in [3.05, 3.63) is 47.1 Å². The van der Waals surface area contributed by atoms with E-state index in [1.54, 1.807) is 18.9 Å². The average molecular weight is 370 g/mol. The van der Waals surface area contributed by atoms with Gasteiger partial charge in [-0.15, -0.1) is 0 Å². The lowest BCUT2D eigenvalue weighted by molar-refractivity contribution is -0.135. The summed E-state index contributed by atoms with van der Waals surface area (Å²) in [5, 5.41) is 3.86. The first-order valence-corrected chi connectivity index (χ1v) is 9.34. The molecule has 7 heteroatoms. The summed E-state index contributed by atoms with van der Waals surface area (Å²) in [6, 6.07) is 7.63. The molecule has 2 amide bonds. The van der Waals surface area contributed by atoms with E-state index in [0.29, 0.717) is 50.6 Å². The summed E-state index contributed by atoms with van der Waals surface area (Å²) >= 11 is 0. The molecule has 0 radical (unpaired) electrons. The van der Waals surface area contributed by atoms with Crippen LogP contribution in [0.15, 0.2) is 28.8 Å². The maximum absolute atomic E-state index is 12.7. The van der Waals surface area contributed by atoms with E-state index in [0.717, 1.165) is 11.1 Å². The lowest BCUT2D eigenvalue weighted by Gasteiger charge is -2.33. The third kappa shape index (κ3) is 4.53. The molecule has 1 fully saturated rings. The fourth-order valence-electron chi connectivity index (χ4n) is 3.45. The van der Waals surface area contributed by atoms with Gasteiger partial charge in [-0.05, 0) is 31.4 Å². The average Bonchev–Trinajstić information content (AvgIpc) is 3.10. The molecule has 0 aliphatic carbocycles. The number of piperidine rings is 1. The molecule has 0 N–H and O–H groups in total. The SMILES string of the molecule is Cc1nc(CCN(C)C(=O)C2CCN(C(=O)c3ccccc3C)CC2)no1. The van der Waals surface area contributed by atoms with Gasteiger partial charge < -0.3 is 14.3 Å². The highest BCUT2D eigenvalue weighted by atomic mass is 16.5. The molecule has 1 aromatic carbocycles. The van der Waals surface area contributed by atoms with E-state index >= 15 is 0 Å². The smallest absolute Gasteiger partial charge is 0.254 e. The molecule has 2 aromatic rings. The maximum atomic E-state index is 12.7. The van der Waals surface area contributed by atoms with Gasteiger partial charge in [-0.1, -0.05) is 23.4 Å². The summed E-state index contributed by atoms with van der Waals surface area (Å²) in [6.07, 6.45) is 1.97. The van der Waals surface area contributed by atoms with Crippen LogP contribution in [0, 0.1) is 19.8 Å². The van der Waals surface area contributed by atoms with Crippen LogP contribution in [0.3, 0.4) is 0 Å². The highest BCUT2D eigenvalue weighted by Gasteiger charge is 2.29. The van der Waals surface area contributed by atoms with Crippen molar-refractivity contribution in [2.24, 2.45) is 5.92 Å². The van der Waals surface area contributed by atoms with Crippen LogP contribution in [0.2, 0.25) is 0 Å². The standard InChI is InChI=1S/C20H26N4O3/c1-14-6-4-5-7-17(14)20(26)24-12-8-16(9-13-24)19(25)23(3)11-10-18-21-15(2)27-22-18/h4-7,16H,8-13H2,1-3H3. The number of rotatable bonds is 5. The number of benzene rings is 1. The van der Waals surface area contributed by atoms with Crippen LogP contribution in [0.5, 0.6) is 0 Å². The number of likely N-dealkylation sites (tertiary alicyclic amines) is 1. The Labute approximate surface area is 159 Å². The van der Waals surface area contributed by atoms with Gasteiger partial charge in [0.15, 0.2) is 5.82 Å². The second-order valence-electron chi connectivity index (χ2n) is 7.12. The van der Waals surface area contributed by atoms with Gasteiger partial charge >= 0.3 is 0 Å². The summed E-state index contributed by atoms with van der Waals surface area (Å²) < 4.78 is 4.95. The highest BCUT2D eigenvalue weighted by molar-refractivity contribution is 5.95. The number of amides is 2. The molecule has 0 bridgehead atoms. The first kappa shape index (κ1) is 19.1. The number of carbonyl (C=O) groups excluding carboxylic acids is 2. The summed E-state index contributed by atoms with van der Waals surface area (Å²) in [4.78, 5) is 33.1. The van der Waals surface area contributed by atoms with E-state index in [9.17, 15) is 9.59 Å². The second kappa shape index (κ2) is 8.33. The van der Waals surface area contributed by atoms with Crippen LogP contribution in [0.4, 0.5) is 0 Å². The Kier molecular flexibility index (Phi) is 5.88. The van der Waals surface area contributed by atoms with Crippen LogP contribution in [-0.4, -0.2) is 58.4 Å². The van der Waals surface area contributed by atoms with Crippen LogP contribution in [0.25, 0.3) is 0 Å². The van der Waals surface area contributed by atoms with Crippen molar-refractivity contribution in [3.63, 3.8) is 0 Å². The number of aromatic nitrogens is 2. The minimum Gasteiger partial charge on any atom is -0.345 e. The van der Waals surface area contributed by atoms with Crippen LogP contribution < -0.4 is 0 Å². The zero-order valence-electron chi connectivity index (χ0n) is 16.1. The molecular formula is C20H26N4O3. The van der Waals surface area contributed by atoms with Crippen molar-refractivity contribution in [2.45, 2.75) is 33.1 Å². The number of carbonyl (C=O) groups is 2. The third-order valence-corrected chi connectivity index (χ3v) is 5.12. The molecule has 0 saturated carbocycles. The van der Waals surface area contributed by atoms with Crippen molar-refractivity contribution in [3.8, 4) is 0 Å². The molecule has 1 saturated heterocycles. The van der Waals surface area contributed by atoms with Gasteiger partial charge in [0.05, 0.1) is 0 Å². The lowest BCUT2D eigenvalue weighted by Crippen LogP contribution is -2.44. The zero-order valence-corrected chi connectivity index (χ0v) is 16.1. The van der Waals surface area contributed by atoms with E-state index in [-0.39, 0.29) is 17.7 Å². The van der Waals surface area contributed by atoms with Gasteiger partial charge in [-0.25, -0.2) is 0 Å². The summed E-state index contributed by atoms with van der Waals surface area (Å²) in [6.45, 7) is 5.48. The van der Waals surface area contributed by atoms with Gasteiger partial charge in [-0.2, -0.15) is 4.98 Å². The number of likely N-dealkylation sites (N-methyl/N-ethyl adjacent to an activating group) is 1. The van der Waals surface area contributed by atoms with Gasteiger partial charge in [0.2, 0.25) is 11.8 Å². The number of aryl methyl sites for hydroxylation is 2. The molecule has 144 valence electrons. The molecule has 0 spiro atoms. The number of nitrogens with zero attached hydrogens (tertiary/aromatic N) is 4. The highest BCUT2D eigenvalue weighted by Crippen LogP contribution is 2.22. The zero-order chi connectivity index (χ0) is 19.4. The Morgan fingerprint density at radius 3 is 2.56 bits per heavy atom. The number of hydrogen-bond acceptors (Lipinski definition) is 5. The van der Waals surface area contributed by atoms with Crippen LogP contribution in [0.1, 0.15) is 40.5 Å². The molecule has 7 nitrogen and oxygen atoms in total. The molecule has 1 aromatic heterocycles. The van der Waals surface area contributed by atoms with E-state index in [1.165, 1.54) is 0 Å². The van der Waals surface area contributed by atoms with Gasteiger partial charge in [0.1, 0.15) is 0 Å². The second-order valence-corrected chi connectivity index (χ2v) is 7.12. The van der Waals surface area contributed by atoms with Crippen molar-refractivity contribution in [1.82, 2.24) is 19.9 Å². The third-order valence-electron chi connectivity index (χ3n) is 5.12. The Hall–Kier alpha value is -2.70. The lowest BCUT2D eigenvalue weighted by atomic mass is 9.94. The predicted molar refractivity (Wildman–Crippen MR) is 100 cm³/mol. The Balaban J connectivity index is 1.50. The van der Waals surface area contributed by atoms with Crippen molar-refractivity contribution in [1.29, 1.82) is 0 Å². The predicted octanol–water partition coefficient (Wildman–Crippen LogP) is 2.24.